The molecule has 0 aliphatic carbocycles. The number of aromatic amines is 1. The van der Waals surface area contributed by atoms with Gasteiger partial charge in [0.05, 0.1) is 11.2 Å². The van der Waals surface area contributed by atoms with Crippen LogP contribution in [0.25, 0.3) is 0 Å². The first-order valence-electron chi connectivity index (χ1n) is 4.82. The molecule has 2 heterocycles. The van der Waals surface area contributed by atoms with Crippen LogP contribution in [-0.2, 0) is 19.4 Å². The van der Waals surface area contributed by atoms with Crippen LogP contribution in [0.2, 0.25) is 0 Å². The molecule has 2 rings (SSSR count). The van der Waals surface area contributed by atoms with Crippen LogP contribution < -0.4 is 0 Å². The first-order valence-corrected chi connectivity index (χ1v) is 6.17. The number of hydrogen-bond acceptors (Lipinski definition) is 4. The SMILES string of the molecule is CCc1n[nH]c(=S)n1CCc1cscn1. The number of thiazole rings is 1. The number of aryl methyl sites for hydroxylation is 2. The van der Waals surface area contributed by atoms with Gasteiger partial charge in [0.2, 0.25) is 0 Å². The molecule has 0 unspecified atom stereocenters. The standard InChI is InChI=1S/C9H12N4S2/c1-2-8-11-12-9(14)13(8)4-3-7-5-15-6-10-7/h5-6H,2-4H2,1H3,(H,12,14). The molecule has 0 saturated carbocycles. The summed E-state index contributed by atoms with van der Waals surface area (Å²) < 4.78 is 2.73. The predicted octanol–water partition coefficient (Wildman–Crippen LogP) is 2.20. The van der Waals surface area contributed by atoms with Crippen molar-refractivity contribution in [3.8, 4) is 0 Å². The maximum Gasteiger partial charge on any atom is 0.195 e. The summed E-state index contributed by atoms with van der Waals surface area (Å²) in [6.45, 7) is 2.92. The highest BCUT2D eigenvalue weighted by atomic mass is 32.1. The molecule has 0 fully saturated rings. The molecule has 0 aliphatic rings. The maximum atomic E-state index is 5.16. The fourth-order valence-corrected chi connectivity index (χ4v) is 2.27. The molecular formula is C9H12N4S2. The monoisotopic (exact) mass is 240 g/mol. The Morgan fingerprint density at radius 2 is 2.47 bits per heavy atom. The van der Waals surface area contributed by atoms with Gasteiger partial charge in [0.1, 0.15) is 5.82 Å². The highest BCUT2D eigenvalue weighted by Gasteiger charge is 2.04. The van der Waals surface area contributed by atoms with Crippen molar-refractivity contribution in [2.45, 2.75) is 26.3 Å². The van der Waals surface area contributed by atoms with Gasteiger partial charge < -0.3 is 4.57 Å². The topological polar surface area (TPSA) is 46.5 Å². The van der Waals surface area contributed by atoms with E-state index in [1.807, 2.05) is 10.1 Å². The Kier molecular flexibility index (Phi) is 3.27. The van der Waals surface area contributed by atoms with Crippen LogP contribution in [0.4, 0.5) is 0 Å². The van der Waals surface area contributed by atoms with E-state index in [0.29, 0.717) is 4.77 Å². The minimum Gasteiger partial charge on any atom is -0.304 e. The van der Waals surface area contributed by atoms with Crippen LogP contribution in [0, 0.1) is 4.77 Å². The van der Waals surface area contributed by atoms with Crippen LogP contribution in [0.1, 0.15) is 18.4 Å². The molecule has 4 nitrogen and oxygen atoms in total. The third-order valence-corrected chi connectivity index (χ3v) is 3.18. The number of H-pyrrole nitrogens is 1. The molecule has 0 saturated heterocycles. The fraction of sp³-hybridized carbons (Fsp3) is 0.444. The van der Waals surface area contributed by atoms with Gasteiger partial charge in [0.15, 0.2) is 4.77 Å². The average Bonchev–Trinajstić information content (AvgIpc) is 2.84. The Hall–Kier alpha value is -1.01. The van der Waals surface area contributed by atoms with Crippen molar-refractivity contribution in [1.29, 1.82) is 0 Å². The second-order valence-corrected chi connectivity index (χ2v) is 4.29. The van der Waals surface area contributed by atoms with Crippen LogP contribution in [0.5, 0.6) is 0 Å². The highest BCUT2D eigenvalue weighted by Crippen LogP contribution is 2.05. The Labute approximate surface area is 97.0 Å². The molecule has 80 valence electrons. The van der Waals surface area contributed by atoms with Crippen molar-refractivity contribution >= 4 is 23.6 Å². The zero-order valence-corrected chi connectivity index (χ0v) is 10.1. The van der Waals surface area contributed by atoms with Gasteiger partial charge in [-0.05, 0) is 12.2 Å². The molecule has 15 heavy (non-hydrogen) atoms. The summed E-state index contributed by atoms with van der Waals surface area (Å²) in [5, 5.41) is 9.04. The second kappa shape index (κ2) is 4.67. The summed E-state index contributed by atoms with van der Waals surface area (Å²) in [6.07, 6.45) is 1.80. The van der Waals surface area contributed by atoms with E-state index in [-0.39, 0.29) is 0 Å². The molecule has 0 amide bonds. The summed E-state index contributed by atoms with van der Waals surface area (Å²) in [6, 6.07) is 0. The van der Waals surface area contributed by atoms with Gasteiger partial charge >= 0.3 is 0 Å². The van der Waals surface area contributed by atoms with E-state index in [4.69, 9.17) is 12.2 Å². The zero-order chi connectivity index (χ0) is 10.7. The summed E-state index contributed by atoms with van der Waals surface area (Å²) in [7, 11) is 0. The Morgan fingerprint density at radius 3 is 3.13 bits per heavy atom. The molecule has 0 aromatic carbocycles. The average molecular weight is 240 g/mol. The number of hydrogen-bond donors (Lipinski definition) is 1. The lowest BCUT2D eigenvalue weighted by molar-refractivity contribution is 0.643. The van der Waals surface area contributed by atoms with Gasteiger partial charge in [-0.3, -0.25) is 5.10 Å². The third-order valence-electron chi connectivity index (χ3n) is 2.23. The van der Waals surface area contributed by atoms with Gasteiger partial charge in [-0.2, -0.15) is 5.10 Å². The van der Waals surface area contributed by atoms with Gasteiger partial charge in [0.25, 0.3) is 0 Å². The highest BCUT2D eigenvalue weighted by molar-refractivity contribution is 7.71. The number of nitrogens with zero attached hydrogens (tertiary/aromatic N) is 3. The normalized spacial score (nSPS) is 10.7. The fourth-order valence-electron chi connectivity index (χ4n) is 1.44. The van der Waals surface area contributed by atoms with Crippen LogP contribution in [-0.4, -0.2) is 19.7 Å². The van der Waals surface area contributed by atoms with Crippen LogP contribution in [0.3, 0.4) is 0 Å². The Morgan fingerprint density at radius 1 is 1.60 bits per heavy atom. The maximum absolute atomic E-state index is 5.16. The summed E-state index contributed by atoms with van der Waals surface area (Å²) in [5.74, 6) is 1.01. The molecule has 2 aromatic rings. The summed E-state index contributed by atoms with van der Waals surface area (Å²) in [5.41, 5.74) is 2.97. The number of rotatable bonds is 4. The van der Waals surface area contributed by atoms with Gasteiger partial charge in [0, 0.05) is 24.8 Å². The first kappa shape index (κ1) is 10.5. The smallest absolute Gasteiger partial charge is 0.195 e. The lowest BCUT2D eigenvalue weighted by atomic mass is 10.3. The minimum absolute atomic E-state index is 0.696. The molecule has 0 aliphatic heterocycles. The lowest BCUT2D eigenvalue weighted by Crippen LogP contribution is -2.05. The van der Waals surface area contributed by atoms with E-state index in [1.165, 1.54) is 0 Å². The third kappa shape index (κ3) is 2.32. The van der Waals surface area contributed by atoms with Gasteiger partial charge in [-0.1, -0.05) is 6.92 Å². The molecule has 6 heteroatoms. The zero-order valence-electron chi connectivity index (χ0n) is 8.43. The summed E-state index contributed by atoms with van der Waals surface area (Å²) >= 11 is 6.78. The molecule has 0 spiro atoms. The van der Waals surface area contributed by atoms with Crippen molar-refractivity contribution in [3.63, 3.8) is 0 Å². The minimum atomic E-state index is 0.696. The van der Waals surface area contributed by atoms with E-state index in [9.17, 15) is 0 Å². The van der Waals surface area contributed by atoms with Crippen molar-refractivity contribution in [2.75, 3.05) is 0 Å². The Bertz CT molecular complexity index is 469. The molecule has 0 atom stereocenters. The van der Waals surface area contributed by atoms with E-state index >= 15 is 0 Å². The van der Waals surface area contributed by atoms with Crippen molar-refractivity contribution in [3.05, 3.63) is 27.2 Å². The van der Waals surface area contributed by atoms with Crippen molar-refractivity contribution in [2.24, 2.45) is 0 Å². The van der Waals surface area contributed by atoms with Gasteiger partial charge in [-0.25, -0.2) is 4.98 Å². The second-order valence-electron chi connectivity index (χ2n) is 3.18. The Balaban J connectivity index is 2.10. The molecule has 0 bridgehead atoms. The molecule has 0 radical (unpaired) electrons. The van der Waals surface area contributed by atoms with Crippen molar-refractivity contribution < 1.29 is 0 Å². The van der Waals surface area contributed by atoms with E-state index in [2.05, 4.69) is 27.5 Å². The van der Waals surface area contributed by atoms with Crippen LogP contribution >= 0.6 is 23.6 Å². The molecule has 2 aromatic heterocycles. The van der Waals surface area contributed by atoms with E-state index in [0.717, 1.165) is 30.9 Å². The predicted molar refractivity (Wildman–Crippen MR) is 62.6 cm³/mol. The largest absolute Gasteiger partial charge is 0.304 e. The number of aromatic nitrogens is 4. The van der Waals surface area contributed by atoms with E-state index < -0.39 is 0 Å². The molecule has 1 N–H and O–H groups in total. The first-order chi connectivity index (χ1) is 7.31. The quantitative estimate of drug-likeness (QED) is 0.833. The summed E-state index contributed by atoms with van der Waals surface area (Å²) in [4.78, 5) is 4.24. The van der Waals surface area contributed by atoms with E-state index in [1.54, 1.807) is 11.3 Å². The number of nitrogens with one attached hydrogen (secondary N) is 1. The van der Waals surface area contributed by atoms with Crippen molar-refractivity contribution in [1.82, 2.24) is 19.7 Å². The lowest BCUT2D eigenvalue weighted by Gasteiger charge is -2.03. The van der Waals surface area contributed by atoms with Crippen LogP contribution in [0.15, 0.2) is 10.9 Å². The van der Waals surface area contributed by atoms with Gasteiger partial charge in [-0.15, -0.1) is 11.3 Å². The molecular weight excluding hydrogens is 228 g/mol.